The largest absolute Gasteiger partial charge is 0.472 e. The molecule has 1 aromatic carbocycles. The highest BCUT2D eigenvalue weighted by Crippen LogP contribution is 2.10. The van der Waals surface area contributed by atoms with Gasteiger partial charge in [0, 0.05) is 11.3 Å². The Kier molecular flexibility index (Phi) is 4.42. The Labute approximate surface area is 122 Å². The standard InChI is InChI=1S/C16H14N2O3/c1-3-12-5-4-6-14(9-12)18-15(19)11(2)17-16(20)13-7-8-21-10-13/h1,4-11H,2H3,(H,17,20)(H,18,19)/t11-/m0/s1. The van der Waals surface area contributed by atoms with Gasteiger partial charge in [-0.05, 0) is 31.2 Å². The van der Waals surface area contributed by atoms with Gasteiger partial charge in [-0.1, -0.05) is 12.0 Å². The zero-order valence-electron chi connectivity index (χ0n) is 11.4. The van der Waals surface area contributed by atoms with E-state index in [0.717, 1.165) is 0 Å². The van der Waals surface area contributed by atoms with Crippen LogP contribution in [-0.2, 0) is 4.79 Å². The molecule has 1 heterocycles. The molecule has 0 aliphatic rings. The Balaban J connectivity index is 1.96. The highest BCUT2D eigenvalue weighted by Gasteiger charge is 2.17. The molecule has 2 aromatic rings. The van der Waals surface area contributed by atoms with Crippen molar-refractivity contribution in [2.24, 2.45) is 0 Å². The second-order valence-corrected chi connectivity index (χ2v) is 4.42. The van der Waals surface area contributed by atoms with Gasteiger partial charge in [0.25, 0.3) is 5.91 Å². The van der Waals surface area contributed by atoms with Crippen LogP contribution in [0.15, 0.2) is 47.3 Å². The fourth-order valence-electron chi connectivity index (χ4n) is 1.68. The smallest absolute Gasteiger partial charge is 0.255 e. The van der Waals surface area contributed by atoms with Crippen molar-refractivity contribution in [1.29, 1.82) is 0 Å². The Bertz CT molecular complexity index is 684. The van der Waals surface area contributed by atoms with Crippen molar-refractivity contribution in [3.63, 3.8) is 0 Å². The van der Waals surface area contributed by atoms with E-state index in [9.17, 15) is 9.59 Å². The SMILES string of the molecule is C#Cc1cccc(NC(=O)[C@H](C)NC(=O)c2ccoc2)c1. The van der Waals surface area contributed by atoms with E-state index in [4.69, 9.17) is 10.8 Å². The molecule has 5 nitrogen and oxygen atoms in total. The molecule has 0 aliphatic carbocycles. The van der Waals surface area contributed by atoms with Crippen molar-refractivity contribution in [2.75, 3.05) is 5.32 Å². The maximum absolute atomic E-state index is 12.0. The van der Waals surface area contributed by atoms with Gasteiger partial charge in [0.2, 0.25) is 5.91 Å². The second-order valence-electron chi connectivity index (χ2n) is 4.42. The van der Waals surface area contributed by atoms with E-state index >= 15 is 0 Å². The van der Waals surface area contributed by atoms with E-state index in [2.05, 4.69) is 16.6 Å². The molecule has 1 atom stereocenters. The number of carbonyl (C=O) groups is 2. The lowest BCUT2D eigenvalue weighted by molar-refractivity contribution is -0.117. The number of carbonyl (C=O) groups excluding carboxylic acids is 2. The monoisotopic (exact) mass is 282 g/mol. The van der Waals surface area contributed by atoms with Gasteiger partial charge < -0.3 is 15.1 Å². The number of hydrogen-bond donors (Lipinski definition) is 2. The highest BCUT2D eigenvalue weighted by molar-refractivity contribution is 6.00. The molecule has 0 saturated heterocycles. The van der Waals surface area contributed by atoms with Gasteiger partial charge in [0.05, 0.1) is 11.8 Å². The molecular weight excluding hydrogens is 268 g/mol. The molecule has 5 heteroatoms. The lowest BCUT2D eigenvalue weighted by Crippen LogP contribution is -2.41. The number of rotatable bonds is 4. The predicted molar refractivity (Wildman–Crippen MR) is 78.6 cm³/mol. The van der Waals surface area contributed by atoms with E-state index in [0.29, 0.717) is 16.8 Å². The van der Waals surface area contributed by atoms with Crippen LogP contribution in [-0.4, -0.2) is 17.9 Å². The summed E-state index contributed by atoms with van der Waals surface area (Å²) in [5.41, 5.74) is 1.62. The minimum Gasteiger partial charge on any atom is -0.472 e. The molecule has 1 aromatic heterocycles. The predicted octanol–water partition coefficient (Wildman–Crippen LogP) is 2.02. The van der Waals surface area contributed by atoms with Crippen molar-refractivity contribution in [2.45, 2.75) is 13.0 Å². The summed E-state index contributed by atoms with van der Waals surface area (Å²) in [5, 5.41) is 5.27. The molecule has 0 saturated carbocycles. The molecule has 2 amide bonds. The van der Waals surface area contributed by atoms with E-state index < -0.39 is 6.04 Å². The summed E-state index contributed by atoms with van der Waals surface area (Å²) in [6.45, 7) is 1.60. The third-order valence-corrected chi connectivity index (χ3v) is 2.82. The second kappa shape index (κ2) is 6.44. The molecule has 0 spiro atoms. The van der Waals surface area contributed by atoms with Gasteiger partial charge in [-0.15, -0.1) is 6.42 Å². The lowest BCUT2D eigenvalue weighted by atomic mass is 10.2. The summed E-state index contributed by atoms with van der Waals surface area (Å²) in [6.07, 6.45) is 8.01. The molecule has 2 N–H and O–H groups in total. The minimum atomic E-state index is -0.693. The zero-order valence-corrected chi connectivity index (χ0v) is 11.4. The highest BCUT2D eigenvalue weighted by atomic mass is 16.3. The number of hydrogen-bond acceptors (Lipinski definition) is 3. The number of terminal acetylenes is 1. The average molecular weight is 282 g/mol. The topological polar surface area (TPSA) is 71.3 Å². The maximum Gasteiger partial charge on any atom is 0.255 e. The van der Waals surface area contributed by atoms with E-state index in [1.807, 2.05) is 0 Å². The minimum absolute atomic E-state index is 0.332. The van der Waals surface area contributed by atoms with Crippen LogP contribution in [0.3, 0.4) is 0 Å². The number of benzene rings is 1. The first-order valence-electron chi connectivity index (χ1n) is 6.31. The van der Waals surface area contributed by atoms with Gasteiger partial charge in [-0.3, -0.25) is 9.59 Å². The first kappa shape index (κ1) is 14.4. The zero-order chi connectivity index (χ0) is 15.2. The fourth-order valence-corrected chi connectivity index (χ4v) is 1.68. The summed E-state index contributed by atoms with van der Waals surface area (Å²) in [7, 11) is 0. The van der Waals surface area contributed by atoms with Crippen molar-refractivity contribution in [1.82, 2.24) is 5.32 Å². The molecule has 2 rings (SSSR count). The van der Waals surface area contributed by atoms with E-state index in [1.165, 1.54) is 18.6 Å². The molecule has 0 radical (unpaired) electrons. The first-order chi connectivity index (χ1) is 10.1. The molecular formula is C16H14N2O3. The van der Waals surface area contributed by atoms with Crippen LogP contribution in [0.25, 0.3) is 0 Å². The van der Waals surface area contributed by atoms with Crippen LogP contribution >= 0.6 is 0 Å². The van der Waals surface area contributed by atoms with Crippen molar-refractivity contribution >= 4 is 17.5 Å². The summed E-state index contributed by atoms with van der Waals surface area (Å²) < 4.78 is 4.82. The average Bonchev–Trinajstić information content (AvgIpc) is 3.01. The number of anilines is 1. The van der Waals surface area contributed by atoms with Gasteiger partial charge in [0.15, 0.2) is 0 Å². The van der Waals surface area contributed by atoms with E-state index in [1.54, 1.807) is 31.2 Å². The summed E-state index contributed by atoms with van der Waals surface area (Å²) in [5.74, 6) is 1.79. The van der Waals surface area contributed by atoms with Crippen LogP contribution in [0.5, 0.6) is 0 Å². The number of amides is 2. The Morgan fingerprint density at radius 1 is 1.33 bits per heavy atom. The van der Waals surface area contributed by atoms with Gasteiger partial charge in [-0.2, -0.15) is 0 Å². The molecule has 0 aliphatic heterocycles. The van der Waals surface area contributed by atoms with Crippen molar-refractivity contribution < 1.29 is 14.0 Å². The normalized spacial score (nSPS) is 11.2. The van der Waals surface area contributed by atoms with Gasteiger partial charge in [0.1, 0.15) is 12.3 Å². The Morgan fingerprint density at radius 2 is 2.14 bits per heavy atom. The van der Waals surface area contributed by atoms with Crippen LogP contribution in [0, 0.1) is 12.3 Å². The molecule has 21 heavy (non-hydrogen) atoms. The lowest BCUT2D eigenvalue weighted by Gasteiger charge is -2.13. The molecule has 0 fully saturated rings. The van der Waals surface area contributed by atoms with E-state index in [-0.39, 0.29) is 11.8 Å². The van der Waals surface area contributed by atoms with Crippen LogP contribution < -0.4 is 10.6 Å². The van der Waals surface area contributed by atoms with Crippen LogP contribution in [0.2, 0.25) is 0 Å². The Morgan fingerprint density at radius 3 is 2.81 bits per heavy atom. The number of nitrogens with one attached hydrogen (secondary N) is 2. The first-order valence-corrected chi connectivity index (χ1v) is 6.31. The fraction of sp³-hybridized carbons (Fsp3) is 0.125. The Hall–Kier alpha value is -3.00. The number of furan rings is 1. The van der Waals surface area contributed by atoms with Gasteiger partial charge in [-0.25, -0.2) is 0 Å². The van der Waals surface area contributed by atoms with Crippen molar-refractivity contribution in [3.05, 3.63) is 54.0 Å². The summed E-state index contributed by atoms with van der Waals surface area (Å²) in [4.78, 5) is 23.8. The van der Waals surface area contributed by atoms with Crippen LogP contribution in [0.4, 0.5) is 5.69 Å². The van der Waals surface area contributed by atoms with Crippen molar-refractivity contribution in [3.8, 4) is 12.3 Å². The third-order valence-electron chi connectivity index (χ3n) is 2.82. The third kappa shape index (κ3) is 3.74. The van der Waals surface area contributed by atoms with Gasteiger partial charge >= 0.3 is 0 Å². The quantitative estimate of drug-likeness (QED) is 0.843. The van der Waals surface area contributed by atoms with Crippen LogP contribution in [0.1, 0.15) is 22.8 Å². The molecule has 106 valence electrons. The molecule has 0 bridgehead atoms. The summed E-state index contributed by atoms with van der Waals surface area (Å²) >= 11 is 0. The molecule has 0 unspecified atom stereocenters. The maximum atomic E-state index is 12.0. The summed E-state index contributed by atoms with van der Waals surface area (Å²) in [6, 6.07) is 7.75.